The molecular weight excluding hydrogens is 220 g/mol. The first-order valence-corrected chi connectivity index (χ1v) is 5.21. The van der Waals surface area contributed by atoms with Crippen molar-refractivity contribution in [1.29, 1.82) is 0 Å². The highest BCUT2D eigenvalue weighted by Crippen LogP contribution is 2.27. The summed E-state index contributed by atoms with van der Waals surface area (Å²) in [5.41, 5.74) is 1.03. The molecule has 1 rings (SSSR count). The van der Waals surface area contributed by atoms with Crippen LogP contribution in [0.1, 0.15) is 16.6 Å². The zero-order valence-corrected chi connectivity index (χ0v) is 9.65. The minimum atomic E-state index is 0.272. The highest BCUT2D eigenvalue weighted by molar-refractivity contribution is 7.17. The molecule has 0 N–H and O–H groups in total. The summed E-state index contributed by atoms with van der Waals surface area (Å²) >= 11 is 7.03. The van der Waals surface area contributed by atoms with Gasteiger partial charge in [0.25, 0.3) is 0 Å². The smallest absolute Gasteiger partial charge is 0.187 e. The molecule has 0 bridgehead atoms. The number of aromatic nitrogens is 1. The van der Waals surface area contributed by atoms with Crippen molar-refractivity contribution in [3.8, 4) is 0 Å². The van der Waals surface area contributed by atoms with Gasteiger partial charge in [-0.05, 0) is 6.92 Å². The summed E-state index contributed by atoms with van der Waals surface area (Å²) in [6, 6.07) is 0. The lowest BCUT2D eigenvalue weighted by molar-refractivity contribution is 0.112. The van der Waals surface area contributed by atoms with Crippen LogP contribution in [0.25, 0.3) is 0 Å². The number of hydrogen-bond donors (Lipinski definition) is 0. The third kappa shape index (κ3) is 2.56. The summed E-state index contributed by atoms with van der Waals surface area (Å²) in [4.78, 5) is 17.0. The number of aldehydes is 1. The minimum absolute atomic E-state index is 0.272. The Balaban J connectivity index is 2.85. The molecule has 0 unspecified atom stereocenters. The van der Waals surface area contributed by atoms with Crippen molar-refractivity contribution in [3.05, 3.63) is 22.2 Å². The monoisotopic (exact) mass is 230 g/mol. The maximum absolute atomic E-state index is 10.5. The lowest BCUT2D eigenvalue weighted by Gasteiger charge is -2.14. The van der Waals surface area contributed by atoms with E-state index >= 15 is 0 Å². The lowest BCUT2D eigenvalue weighted by atomic mass is 10.3. The molecule has 0 aromatic carbocycles. The van der Waals surface area contributed by atoms with E-state index in [9.17, 15) is 4.79 Å². The van der Waals surface area contributed by atoms with E-state index in [1.54, 1.807) is 0 Å². The Kier molecular flexibility index (Phi) is 3.66. The van der Waals surface area contributed by atoms with E-state index in [1.807, 2.05) is 18.9 Å². The summed E-state index contributed by atoms with van der Waals surface area (Å²) in [5.74, 6) is 0. The summed E-state index contributed by atoms with van der Waals surface area (Å²) in [6.07, 6.45) is 0.720. The van der Waals surface area contributed by atoms with Crippen molar-refractivity contribution < 1.29 is 4.79 Å². The van der Waals surface area contributed by atoms with Gasteiger partial charge >= 0.3 is 0 Å². The van der Waals surface area contributed by atoms with E-state index in [1.165, 1.54) is 11.3 Å². The Bertz CT molecular complexity index is 362. The van der Waals surface area contributed by atoms with Gasteiger partial charge in [-0.1, -0.05) is 35.1 Å². The maximum Gasteiger partial charge on any atom is 0.187 e. The number of anilines is 1. The van der Waals surface area contributed by atoms with Crippen molar-refractivity contribution in [2.24, 2.45) is 0 Å². The second-order valence-corrected chi connectivity index (χ2v) is 4.45. The molecule has 1 aromatic heterocycles. The van der Waals surface area contributed by atoms with Crippen LogP contribution in [-0.4, -0.2) is 24.9 Å². The number of halogens is 1. The number of carbonyl (C=O) groups is 1. The third-order valence-electron chi connectivity index (χ3n) is 1.54. The SMILES string of the molecule is C=C(C)CN(C)c1nc(Cl)c(C=O)s1. The van der Waals surface area contributed by atoms with E-state index in [0.717, 1.165) is 17.0 Å². The number of carbonyl (C=O) groups excluding carboxylic acids is 1. The van der Waals surface area contributed by atoms with Gasteiger partial charge in [0, 0.05) is 13.6 Å². The van der Waals surface area contributed by atoms with Gasteiger partial charge in [-0.25, -0.2) is 4.98 Å². The van der Waals surface area contributed by atoms with Gasteiger partial charge in [0.1, 0.15) is 4.88 Å². The number of hydrogen-bond acceptors (Lipinski definition) is 4. The molecular formula is C9H11ClN2OS. The average molecular weight is 231 g/mol. The zero-order chi connectivity index (χ0) is 10.7. The molecule has 0 radical (unpaired) electrons. The number of nitrogens with zero attached hydrogens (tertiary/aromatic N) is 2. The first kappa shape index (κ1) is 11.2. The van der Waals surface area contributed by atoms with Crippen LogP contribution < -0.4 is 4.90 Å². The largest absolute Gasteiger partial charge is 0.347 e. The van der Waals surface area contributed by atoms with Gasteiger partial charge in [-0.3, -0.25) is 4.79 Å². The van der Waals surface area contributed by atoms with Gasteiger partial charge in [-0.2, -0.15) is 0 Å². The molecule has 0 spiro atoms. The summed E-state index contributed by atoms with van der Waals surface area (Å²) in [7, 11) is 1.89. The maximum atomic E-state index is 10.5. The molecule has 0 saturated carbocycles. The Hall–Kier alpha value is -0.870. The first-order valence-electron chi connectivity index (χ1n) is 4.01. The molecule has 76 valence electrons. The van der Waals surface area contributed by atoms with Crippen molar-refractivity contribution in [2.75, 3.05) is 18.5 Å². The average Bonchev–Trinajstić information content (AvgIpc) is 2.45. The fraction of sp³-hybridized carbons (Fsp3) is 0.333. The molecule has 1 aromatic rings. The molecule has 3 nitrogen and oxygen atoms in total. The molecule has 0 aliphatic rings. The van der Waals surface area contributed by atoms with Gasteiger partial charge < -0.3 is 4.90 Å². The summed E-state index contributed by atoms with van der Waals surface area (Å²) in [5, 5.41) is 1.01. The standard InChI is InChI=1S/C9H11ClN2OS/c1-6(2)4-12(3)9-11-8(10)7(5-13)14-9/h5H,1,4H2,2-3H3. The summed E-state index contributed by atoms with van der Waals surface area (Å²) in [6.45, 7) is 6.45. The molecule has 5 heteroatoms. The molecule has 1 heterocycles. The number of thiazole rings is 1. The Morgan fingerprint density at radius 1 is 1.79 bits per heavy atom. The van der Waals surface area contributed by atoms with Crippen LogP contribution in [0.2, 0.25) is 5.15 Å². The van der Waals surface area contributed by atoms with Crippen LogP contribution in [0.5, 0.6) is 0 Å². The summed E-state index contributed by atoms with van der Waals surface area (Å²) < 4.78 is 0. The Morgan fingerprint density at radius 2 is 2.43 bits per heavy atom. The molecule has 0 fully saturated rings. The predicted molar refractivity (Wildman–Crippen MR) is 60.6 cm³/mol. The highest BCUT2D eigenvalue weighted by Gasteiger charge is 2.11. The van der Waals surface area contributed by atoms with Crippen LogP contribution in [0.15, 0.2) is 12.2 Å². The Labute approximate surface area is 92.0 Å². The number of rotatable bonds is 4. The van der Waals surface area contributed by atoms with E-state index in [-0.39, 0.29) is 5.15 Å². The van der Waals surface area contributed by atoms with E-state index < -0.39 is 0 Å². The third-order valence-corrected chi connectivity index (χ3v) is 3.03. The second-order valence-electron chi connectivity index (χ2n) is 3.08. The van der Waals surface area contributed by atoms with E-state index in [4.69, 9.17) is 11.6 Å². The van der Waals surface area contributed by atoms with Crippen molar-refractivity contribution in [2.45, 2.75) is 6.92 Å². The minimum Gasteiger partial charge on any atom is -0.347 e. The topological polar surface area (TPSA) is 33.2 Å². The van der Waals surface area contributed by atoms with Gasteiger partial charge in [0.2, 0.25) is 0 Å². The van der Waals surface area contributed by atoms with Crippen molar-refractivity contribution >= 4 is 34.4 Å². The zero-order valence-electron chi connectivity index (χ0n) is 8.08. The van der Waals surface area contributed by atoms with Crippen molar-refractivity contribution in [1.82, 2.24) is 4.98 Å². The van der Waals surface area contributed by atoms with E-state index in [0.29, 0.717) is 11.4 Å². The van der Waals surface area contributed by atoms with Crippen LogP contribution in [-0.2, 0) is 0 Å². The molecule has 0 aliphatic carbocycles. The van der Waals surface area contributed by atoms with Crippen molar-refractivity contribution in [3.63, 3.8) is 0 Å². The van der Waals surface area contributed by atoms with Gasteiger partial charge in [0.05, 0.1) is 0 Å². The number of likely N-dealkylation sites (N-methyl/N-ethyl adjacent to an activating group) is 1. The fourth-order valence-electron chi connectivity index (χ4n) is 1.01. The van der Waals surface area contributed by atoms with Crippen LogP contribution >= 0.6 is 22.9 Å². The fourth-order valence-corrected chi connectivity index (χ4v) is 2.03. The highest BCUT2D eigenvalue weighted by atomic mass is 35.5. The van der Waals surface area contributed by atoms with Gasteiger partial charge in [-0.15, -0.1) is 0 Å². The lowest BCUT2D eigenvalue weighted by Crippen LogP contribution is -2.18. The van der Waals surface area contributed by atoms with E-state index in [2.05, 4.69) is 11.6 Å². The first-order chi connectivity index (χ1) is 6.54. The van der Waals surface area contributed by atoms with Crippen LogP contribution in [0, 0.1) is 0 Å². The predicted octanol–water partition coefficient (Wildman–Crippen LogP) is 2.62. The molecule has 0 atom stereocenters. The van der Waals surface area contributed by atoms with Crippen LogP contribution in [0.4, 0.5) is 5.13 Å². The Morgan fingerprint density at radius 3 is 2.86 bits per heavy atom. The van der Waals surface area contributed by atoms with Gasteiger partial charge in [0.15, 0.2) is 16.6 Å². The quantitative estimate of drug-likeness (QED) is 0.589. The van der Waals surface area contributed by atoms with Crippen LogP contribution in [0.3, 0.4) is 0 Å². The molecule has 14 heavy (non-hydrogen) atoms. The molecule has 0 aliphatic heterocycles. The normalized spacial score (nSPS) is 9.93. The second kappa shape index (κ2) is 4.57. The molecule has 0 saturated heterocycles. The molecule has 0 amide bonds.